The van der Waals surface area contributed by atoms with Crippen LogP contribution >= 0.6 is 0 Å². The summed E-state index contributed by atoms with van der Waals surface area (Å²) in [7, 11) is 0. The molecule has 3 heterocycles. The molecule has 1 fully saturated rings. The highest BCUT2D eigenvalue weighted by atomic mass is 16.2. The van der Waals surface area contributed by atoms with Gasteiger partial charge in [-0.2, -0.15) is 10.2 Å². The third kappa shape index (κ3) is 2.73. The Kier molecular flexibility index (Phi) is 4.17. The minimum absolute atomic E-state index is 0.264. The van der Waals surface area contributed by atoms with Gasteiger partial charge in [0.15, 0.2) is 0 Å². The van der Waals surface area contributed by atoms with E-state index >= 15 is 0 Å². The number of piperidine rings is 1. The van der Waals surface area contributed by atoms with E-state index in [1.54, 1.807) is 0 Å². The Morgan fingerprint density at radius 1 is 1.12 bits per heavy atom. The molecule has 7 heteroatoms. The predicted octanol–water partition coefficient (Wildman–Crippen LogP) is 1.98. The summed E-state index contributed by atoms with van der Waals surface area (Å²) in [4.78, 5) is 34.8. The number of carbonyl (C=O) groups is 1. The molecule has 2 aliphatic rings. The van der Waals surface area contributed by atoms with E-state index in [4.69, 9.17) is 0 Å². The van der Waals surface area contributed by atoms with Crippen molar-refractivity contribution in [2.75, 3.05) is 23.3 Å². The lowest BCUT2D eigenvalue weighted by Crippen LogP contribution is -2.40. The van der Waals surface area contributed by atoms with Crippen LogP contribution in [0.25, 0.3) is 0 Å². The zero-order valence-corrected chi connectivity index (χ0v) is 14.2. The average molecular weight is 349 g/mol. The van der Waals surface area contributed by atoms with E-state index in [9.17, 15) is 14.9 Å². The Labute approximate surface area is 150 Å². The molecule has 26 heavy (non-hydrogen) atoms. The van der Waals surface area contributed by atoms with E-state index in [0.29, 0.717) is 11.5 Å². The van der Waals surface area contributed by atoms with E-state index in [1.165, 1.54) is 6.42 Å². The number of rotatable bonds is 2. The number of fused-ring (bicyclic) bond motifs is 1. The molecule has 0 spiro atoms. The number of nitrogens with one attached hydrogen (secondary N) is 2. The van der Waals surface area contributed by atoms with E-state index < -0.39 is 17.7 Å². The van der Waals surface area contributed by atoms with Crippen LogP contribution in [0.5, 0.6) is 0 Å². The Bertz CT molecular complexity index is 925. The predicted molar refractivity (Wildman–Crippen MR) is 96.9 cm³/mol. The van der Waals surface area contributed by atoms with Gasteiger partial charge >= 0.3 is 0 Å². The highest BCUT2D eigenvalue weighted by Gasteiger charge is 2.40. The standard InChI is InChI=1S/C19H19N5O2/c20-11-13-14(12-7-3-1-4-8-12)15-16(21-17(13)25)22-19(23-18(15)26)24-9-5-2-6-10-24/h1,3-4,7-8,13-14H,2,5-6,9-10H2,(H2,21,22,23,25,26)/t13-,14-/m1/s1. The maximum absolute atomic E-state index is 12.9. The molecule has 2 aromatic rings. The summed E-state index contributed by atoms with van der Waals surface area (Å²) in [6.45, 7) is 1.66. The minimum atomic E-state index is -0.964. The topological polar surface area (TPSA) is 102 Å². The Hall–Kier alpha value is -3.14. The smallest absolute Gasteiger partial charge is 0.258 e. The number of carbonyl (C=O) groups excluding carboxylic acids is 1. The quantitative estimate of drug-likeness (QED) is 0.863. The molecule has 0 radical (unpaired) electrons. The lowest BCUT2D eigenvalue weighted by atomic mass is 9.79. The molecule has 2 aliphatic heterocycles. The minimum Gasteiger partial charge on any atom is -0.342 e. The van der Waals surface area contributed by atoms with Crippen molar-refractivity contribution < 1.29 is 4.79 Å². The first kappa shape index (κ1) is 16.3. The number of aromatic amines is 1. The number of nitrogens with zero attached hydrogens (tertiary/aromatic N) is 3. The van der Waals surface area contributed by atoms with Crippen LogP contribution in [-0.2, 0) is 4.79 Å². The van der Waals surface area contributed by atoms with Crippen LogP contribution in [0.2, 0.25) is 0 Å². The fraction of sp³-hybridized carbons (Fsp3) is 0.368. The third-order valence-electron chi connectivity index (χ3n) is 5.06. The van der Waals surface area contributed by atoms with Gasteiger partial charge in [-0.1, -0.05) is 30.3 Å². The fourth-order valence-electron chi connectivity index (χ4n) is 3.77. The summed E-state index contributed by atoms with van der Waals surface area (Å²) in [5.74, 6) is -1.27. The first-order valence-electron chi connectivity index (χ1n) is 8.83. The monoisotopic (exact) mass is 349 g/mol. The molecular weight excluding hydrogens is 330 g/mol. The first-order chi connectivity index (χ1) is 12.7. The summed E-state index contributed by atoms with van der Waals surface area (Å²) >= 11 is 0. The number of H-pyrrole nitrogens is 1. The maximum Gasteiger partial charge on any atom is 0.258 e. The Morgan fingerprint density at radius 3 is 2.54 bits per heavy atom. The zero-order valence-electron chi connectivity index (χ0n) is 14.2. The SMILES string of the molecule is N#C[C@H]1C(=O)Nc2nc(N3CCCCC3)[nH]c(=O)c2[C@@H]1c1ccccc1. The van der Waals surface area contributed by atoms with Crippen molar-refractivity contribution in [1.29, 1.82) is 5.26 Å². The van der Waals surface area contributed by atoms with E-state index in [0.717, 1.165) is 31.5 Å². The molecule has 1 amide bonds. The number of amides is 1. The van der Waals surface area contributed by atoms with Crippen LogP contribution < -0.4 is 15.8 Å². The fourth-order valence-corrected chi connectivity index (χ4v) is 3.77. The number of nitriles is 1. The number of hydrogen-bond donors (Lipinski definition) is 2. The molecule has 0 aliphatic carbocycles. The zero-order chi connectivity index (χ0) is 18.1. The van der Waals surface area contributed by atoms with Crippen LogP contribution in [-0.4, -0.2) is 29.0 Å². The van der Waals surface area contributed by atoms with Crippen molar-refractivity contribution >= 4 is 17.7 Å². The number of anilines is 2. The van der Waals surface area contributed by atoms with E-state index in [-0.39, 0.29) is 11.4 Å². The lowest BCUT2D eigenvalue weighted by Gasteiger charge is -2.31. The van der Waals surface area contributed by atoms with Gasteiger partial charge in [-0.25, -0.2) is 0 Å². The van der Waals surface area contributed by atoms with Gasteiger partial charge in [-0.15, -0.1) is 0 Å². The van der Waals surface area contributed by atoms with Crippen LogP contribution in [0, 0.1) is 17.2 Å². The van der Waals surface area contributed by atoms with Crippen LogP contribution in [0.3, 0.4) is 0 Å². The first-order valence-corrected chi connectivity index (χ1v) is 8.83. The van der Waals surface area contributed by atoms with Crippen molar-refractivity contribution in [3.63, 3.8) is 0 Å². The summed E-state index contributed by atoms with van der Waals surface area (Å²) in [5, 5.41) is 12.2. The molecule has 2 atom stereocenters. The molecule has 132 valence electrons. The van der Waals surface area contributed by atoms with Gasteiger partial charge in [-0.3, -0.25) is 14.6 Å². The van der Waals surface area contributed by atoms with Crippen molar-refractivity contribution in [2.45, 2.75) is 25.2 Å². The highest BCUT2D eigenvalue weighted by molar-refractivity contribution is 5.97. The molecule has 0 saturated carbocycles. The normalized spacial score (nSPS) is 22.3. The van der Waals surface area contributed by atoms with Crippen LogP contribution in [0.4, 0.5) is 11.8 Å². The Morgan fingerprint density at radius 2 is 1.85 bits per heavy atom. The maximum atomic E-state index is 12.9. The van der Waals surface area contributed by atoms with Gasteiger partial charge in [0, 0.05) is 19.0 Å². The van der Waals surface area contributed by atoms with Gasteiger partial charge in [0.1, 0.15) is 11.7 Å². The average Bonchev–Trinajstić information content (AvgIpc) is 2.68. The summed E-state index contributed by atoms with van der Waals surface area (Å²) < 4.78 is 0. The number of benzene rings is 1. The van der Waals surface area contributed by atoms with Crippen molar-refractivity contribution in [3.05, 3.63) is 51.8 Å². The number of hydrogen-bond acceptors (Lipinski definition) is 5. The van der Waals surface area contributed by atoms with Gasteiger partial charge < -0.3 is 10.2 Å². The van der Waals surface area contributed by atoms with Crippen molar-refractivity contribution in [2.24, 2.45) is 5.92 Å². The largest absolute Gasteiger partial charge is 0.342 e. The molecule has 0 unspecified atom stereocenters. The second kappa shape index (κ2) is 6.64. The summed E-state index contributed by atoms with van der Waals surface area (Å²) in [5.41, 5.74) is 0.806. The second-order valence-corrected chi connectivity index (χ2v) is 6.68. The van der Waals surface area contributed by atoms with Crippen LogP contribution in [0.1, 0.15) is 36.3 Å². The second-order valence-electron chi connectivity index (χ2n) is 6.68. The summed E-state index contributed by atoms with van der Waals surface area (Å²) in [6.07, 6.45) is 3.27. The molecular formula is C19H19N5O2. The molecule has 2 N–H and O–H groups in total. The molecule has 4 rings (SSSR count). The molecule has 1 aromatic carbocycles. The van der Waals surface area contributed by atoms with Gasteiger partial charge in [0.2, 0.25) is 11.9 Å². The molecule has 1 aromatic heterocycles. The van der Waals surface area contributed by atoms with Gasteiger partial charge in [0.05, 0.1) is 11.6 Å². The summed E-state index contributed by atoms with van der Waals surface area (Å²) in [6, 6.07) is 11.2. The molecule has 0 bridgehead atoms. The molecule has 7 nitrogen and oxygen atoms in total. The van der Waals surface area contributed by atoms with Gasteiger partial charge in [-0.05, 0) is 24.8 Å². The van der Waals surface area contributed by atoms with Crippen LogP contribution in [0.15, 0.2) is 35.1 Å². The van der Waals surface area contributed by atoms with Crippen molar-refractivity contribution in [3.8, 4) is 6.07 Å². The molecule has 1 saturated heterocycles. The van der Waals surface area contributed by atoms with Gasteiger partial charge in [0.25, 0.3) is 5.56 Å². The van der Waals surface area contributed by atoms with E-state index in [1.807, 2.05) is 41.3 Å². The highest BCUT2D eigenvalue weighted by Crippen LogP contribution is 2.38. The lowest BCUT2D eigenvalue weighted by molar-refractivity contribution is -0.119. The van der Waals surface area contributed by atoms with Crippen molar-refractivity contribution in [1.82, 2.24) is 9.97 Å². The Balaban J connectivity index is 1.84. The van der Waals surface area contributed by atoms with E-state index in [2.05, 4.69) is 15.3 Å². The number of aromatic nitrogens is 2. The third-order valence-corrected chi connectivity index (χ3v) is 5.06.